The number of rotatable bonds is 11. The van der Waals surface area contributed by atoms with E-state index >= 15 is 0 Å². The molecule has 4 aromatic carbocycles. The number of para-hydroxylation sites is 2. The number of hydrogen-bond acceptors (Lipinski definition) is 2. The second kappa shape index (κ2) is 12.7. The summed E-state index contributed by atoms with van der Waals surface area (Å²) in [5.74, 6) is 1.20. The Hall–Kier alpha value is -3.70. The molecule has 4 nitrogen and oxygen atoms in total. The Kier molecular flexibility index (Phi) is 8.67. The third-order valence-electron chi connectivity index (χ3n) is 6.79. The molecule has 5 heteroatoms. The molecule has 0 atom stereocenters. The Balaban J connectivity index is 1.08. The minimum atomic E-state index is 0.0771. The van der Waals surface area contributed by atoms with E-state index in [0.29, 0.717) is 13.0 Å². The zero-order valence-corrected chi connectivity index (χ0v) is 23.0. The molecule has 0 aliphatic carbocycles. The number of hydrogen-bond donors (Lipinski definition) is 1. The van der Waals surface area contributed by atoms with Crippen LogP contribution in [0.1, 0.15) is 36.2 Å². The average molecular weight is 567 g/mol. The number of aryl methyl sites for hydroxylation is 1. The lowest BCUT2D eigenvalue weighted by atomic mass is 10.0. The van der Waals surface area contributed by atoms with Crippen LogP contribution in [0.5, 0.6) is 0 Å². The van der Waals surface area contributed by atoms with Crippen LogP contribution in [0, 0.1) is 0 Å². The van der Waals surface area contributed by atoms with Gasteiger partial charge in [0, 0.05) is 24.0 Å². The Labute approximate surface area is 232 Å². The van der Waals surface area contributed by atoms with E-state index in [1.807, 2.05) is 36.4 Å². The van der Waals surface area contributed by atoms with Gasteiger partial charge in [0.2, 0.25) is 5.91 Å². The summed E-state index contributed by atoms with van der Waals surface area (Å²) >= 11 is 3.59. The number of aromatic nitrogens is 2. The highest BCUT2D eigenvalue weighted by molar-refractivity contribution is 9.10. The molecule has 1 N–H and O–H groups in total. The van der Waals surface area contributed by atoms with Gasteiger partial charge in [-0.1, -0.05) is 101 Å². The first-order valence-electron chi connectivity index (χ1n) is 13.3. The first-order valence-corrected chi connectivity index (χ1v) is 14.0. The van der Waals surface area contributed by atoms with Crippen LogP contribution in [0.3, 0.4) is 0 Å². The minimum Gasteiger partial charge on any atom is -0.356 e. The summed E-state index contributed by atoms with van der Waals surface area (Å²) in [5.41, 5.74) is 6.85. The molecule has 1 aromatic heterocycles. The van der Waals surface area contributed by atoms with Crippen LogP contribution in [0.2, 0.25) is 0 Å². The molecule has 5 rings (SSSR count). The van der Waals surface area contributed by atoms with E-state index in [-0.39, 0.29) is 5.91 Å². The van der Waals surface area contributed by atoms with Crippen molar-refractivity contribution in [3.63, 3.8) is 0 Å². The van der Waals surface area contributed by atoms with Gasteiger partial charge in [0.15, 0.2) is 0 Å². The number of nitrogens with zero attached hydrogens (tertiary/aromatic N) is 2. The maximum atomic E-state index is 12.4. The number of carbonyl (C=O) groups excluding carboxylic acids is 1. The van der Waals surface area contributed by atoms with Crippen molar-refractivity contribution in [1.82, 2.24) is 14.9 Å². The van der Waals surface area contributed by atoms with Crippen LogP contribution in [-0.2, 0) is 24.2 Å². The molecule has 0 unspecified atom stereocenters. The van der Waals surface area contributed by atoms with Crippen molar-refractivity contribution < 1.29 is 4.79 Å². The van der Waals surface area contributed by atoms with E-state index in [9.17, 15) is 4.79 Å². The Morgan fingerprint density at radius 3 is 2.34 bits per heavy atom. The fourth-order valence-electron chi connectivity index (χ4n) is 4.82. The minimum absolute atomic E-state index is 0.0771. The van der Waals surface area contributed by atoms with Gasteiger partial charge in [0.05, 0.1) is 17.5 Å². The van der Waals surface area contributed by atoms with Crippen LogP contribution < -0.4 is 5.32 Å². The van der Waals surface area contributed by atoms with Crippen molar-refractivity contribution in [3.8, 4) is 11.1 Å². The lowest BCUT2D eigenvalue weighted by molar-refractivity contribution is -0.120. The number of halogens is 1. The largest absolute Gasteiger partial charge is 0.356 e. The Morgan fingerprint density at radius 1 is 0.763 bits per heavy atom. The average Bonchev–Trinajstić information content (AvgIpc) is 3.28. The van der Waals surface area contributed by atoms with Gasteiger partial charge in [-0.25, -0.2) is 4.98 Å². The zero-order chi connectivity index (χ0) is 26.2. The zero-order valence-electron chi connectivity index (χ0n) is 21.4. The van der Waals surface area contributed by atoms with Crippen molar-refractivity contribution in [2.75, 3.05) is 6.54 Å². The van der Waals surface area contributed by atoms with Crippen LogP contribution in [0.4, 0.5) is 0 Å². The van der Waals surface area contributed by atoms with Crippen molar-refractivity contribution in [2.45, 2.75) is 38.6 Å². The molecule has 0 saturated heterocycles. The van der Waals surface area contributed by atoms with Crippen molar-refractivity contribution >= 4 is 32.9 Å². The highest BCUT2D eigenvalue weighted by atomic mass is 79.9. The highest BCUT2D eigenvalue weighted by Gasteiger charge is 2.11. The maximum Gasteiger partial charge on any atom is 0.224 e. The quantitative estimate of drug-likeness (QED) is 0.168. The van der Waals surface area contributed by atoms with E-state index in [1.54, 1.807) is 0 Å². The number of fused-ring (bicyclic) bond motifs is 1. The van der Waals surface area contributed by atoms with Gasteiger partial charge in [-0.3, -0.25) is 4.79 Å². The van der Waals surface area contributed by atoms with Gasteiger partial charge in [-0.05, 0) is 59.4 Å². The van der Waals surface area contributed by atoms with Crippen LogP contribution in [-0.4, -0.2) is 22.0 Å². The first kappa shape index (κ1) is 25.9. The third-order valence-corrected chi connectivity index (χ3v) is 7.28. The van der Waals surface area contributed by atoms with Gasteiger partial charge in [-0.15, -0.1) is 0 Å². The normalized spacial score (nSPS) is 11.1. The summed E-state index contributed by atoms with van der Waals surface area (Å²) in [5, 5.41) is 3.08. The van der Waals surface area contributed by atoms with E-state index in [2.05, 4.69) is 92.5 Å². The van der Waals surface area contributed by atoms with Gasteiger partial charge in [-0.2, -0.15) is 0 Å². The number of amides is 1. The summed E-state index contributed by atoms with van der Waals surface area (Å²) in [6.45, 7) is 1.51. The maximum absolute atomic E-state index is 12.4. The standard InChI is InChI=1S/C33H32BrN3O/c34-29-13-9-10-26(22-29)24-37-31-15-7-6-14-30(31)36-32(37)16-5-2-8-21-35-33(38)23-25-17-19-28(20-18-25)27-11-3-1-4-12-27/h1,3-4,6-7,9-15,17-20,22H,2,5,8,16,21,23-24H2,(H,35,38). The van der Waals surface area contributed by atoms with E-state index < -0.39 is 0 Å². The third kappa shape index (κ3) is 6.78. The summed E-state index contributed by atoms with van der Waals surface area (Å²) < 4.78 is 3.43. The number of carbonyl (C=O) groups is 1. The molecule has 0 saturated carbocycles. The molecular formula is C33H32BrN3O. The second-order valence-electron chi connectivity index (χ2n) is 9.63. The Morgan fingerprint density at radius 2 is 1.53 bits per heavy atom. The van der Waals surface area contributed by atoms with Crippen molar-refractivity contribution in [2.24, 2.45) is 0 Å². The van der Waals surface area contributed by atoms with Crippen LogP contribution in [0.15, 0.2) is 108 Å². The fourth-order valence-corrected chi connectivity index (χ4v) is 5.26. The number of imidazole rings is 1. The molecular weight excluding hydrogens is 534 g/mol. The molecule has 5 aromatic rings. The number of benzene rings is 4. The molecule has 1 amide bonds. The molecule has 192 valence electrons. The topological polar surface area (TPSA) is 46.9 Å². The number of unbranched alkanes of at least 4 members (excludes halogenated alkanes) is 2. The van der Waals surface area contributed by atoms with Gasteiger partial charge < -0.3 is 9.88 Å². The van der Waals surface area contributed by atoms with Crippen LogP contribution in [0.25, 0.3) is 22.2 Å². The van der Waals surface area contributed by atoms with E-state index in [4.69, 9.17) is 4.98 Å². The van der Waals surface area contributed by atoms with Gasteiger partial charge in [0.25, 0.3) is 0 Å². The summed E-state index contributed by atoms with van der Waals surface area (Å²) in [4.78, 5) is 17.4. The summed E-state index contributed by atoms with van der Waals surface area (Å²) in [6, 6.07) is 35.3. The van der Waals surface area contributed by atoms with Gasteiger partial charge in [0.1, 0.15) is 5.82 Å². The molecule has 0 bridgehead atoms. The summed E-state index contributed by atoms with van der Waals surface area (Å²) in [7, 11) is 0. The Bertz CT molecular complexity index is 1490. The smallest absolute Gasteiger partial charge is 0.224 e. The molecule has 0 spiro atoms. The molecule has 0 aliphatic heterocycles. The predicted molar refractivity (Wildman–Crippen MR) is 159 cm³/mol. The first-order chi connectivity index (χ1) is 18.7. The predicted octanol–water partition coefficient (Wildman–Crippen LogP) is 7.59. The van der Waals surface area contributed by atoms with Crippen LogP contribution >= 0.6 is 15.9 Å². The van der Waals surface area contributed by atoms with Gasteiger partial charge >= 0.3 is 0 Å². The SMILES string of the molecule is O=C(Cc1ccc(-c2ccccc2)cc1)NCCCCCc1nc2ccccc2n1Cc1cccc(Br)c1. The molecule has 0 aliphatic rings. The molecule has 1 heterocycles. The molecule has 0 radical (unpaired) electrons. The second-order valence-corrected chi connectivity index (χ2v) is 10.5. The summed E-state index contributed by atoms with van der Waals surface area (Å²) in [6.07, 6.45) is 4.38. The highest BCUT2D eigenvalue weighted by Crippen LogP contribution is 2.22. The number of nitrogens with one attached hydrogen (secondary N) is 1. The monoisotopic (exact) mass is 565 g/mol. The fraction of sp³-hybridized carbons (Fsp3) is 0.212. The lowest BCUT2D eigenvalue weighted by Gasteiger charge is -2.10. The molecule has 0 fully saturated rings. The lowest BCUT2D eigenvalue weighted by Crippen LogP contribution is -2.26. The van der Waals surface area contributed by atoms with E-state index in [0.717, 1.165) is 53.6 Å². The molecule has 38 heavy (non-hydrogen) atoms. The van der Waals surface area contributed by atoms with E-state index in [1.165, 1.54) is 22.2 Å². The van der Waals surface area contributed by atoms with Crippen molar-refractivity contribution in [3.05, 3.63) is 125 Å². The van der Waals surface area contributed by atoms with Crippen molar-refractivity contribution in [1.29, 1.82) is 0 Å².